The number of halogens is 7. The zero-order chi connectivity index (χ0) is 22.6. The molecule has 2 N–H and O–H groups in total. The number of carbonyl (C=O) groups is 2. The number of hydrogen-bond acceptors (Lipinski definition) is 5. The lowest BCUT2D eigenvalue weighted by atomic mass is 10.1. The van der Waals surface area contributed by atoms with Crippen LogP contribution in [0.15, 0.2) is 30.0 Å². The first-order valence-corrected chi connectivity index (χ1v) is 7.52. The van der Waals surface area contributed by atoms with E-state index in [1.54, 1.807) is 0 Å². The number of allylic oxidation sites excluding steroid dienone is 2. The highest BCUT2D eigenvalue weighted by Crippen LogP contribution is 2.47. The highest BCUT2D eigenvalue weighted by Gasteiger charge is 2.75. The summed E-state index contributed by atoms with van der Waals surface area (Å²) in [6, 6.07) is 3.92. The predicted octanol–water partition coefficient (Wildman–Crippen LogP) is 3.24. The fourth-order valence-corrected chi connectivity index (χ4v) is 1.86. The van der Waals surface area contributed by atoms with E-state index in [0.29, 0.717) is 5.75 Å². The van der Waals surface area contributed by atoms with Gasteiger partial charge in [0, 0.05) is 17.3 Å². The molecule has 1 aromatic rings. The molecule has 0 saturated heterocycles. The maximum Gasteiger partial charge on any atom is 0.460 e. The van der Waals surface area contributed by atoms with Gasteiger partial charge >= 0.3 is 18.0 Å². The van der Waals surface area contributed by atoms with Crippen molar-refractivity contribution in [2.75, 3.05) is 14.2 Å². The third-order valence-electron chi connectivity index (χ3n) is 3.43. The second-order valence-corrected chi connectivity index (χ2v) is 5.49. The summed E-state index contributed by atoms with van der Waals surface area (Å²) in [5.41, 5.74) is 3.27. The molecule has 13 heteroatoms. The van der Waals surface area contributed by atoms with Crippen LogP contribution >= 0.6 is 0 Å². The van der Waals surface area contributed by atoms with E-state index in [1.807, 2.05) is 10.9 Å². The Morgan fingerprint density at radius 2 is 1.48 bits per heavy atom. The zero-order valence-corrected chi connectivity index (χ0v) is 15.1. The molecule has 0 aromatic heterocycles. The number of nitrogens with one attached hydrogen (secondary N) is 2. The maximum absolute atomic E-state index is 13.3. The third-order valence-corrected chi connectivity index (χ3v) is 3.43. The SMILES string of the molecule is COc1ccc(C(=O)NN/C(C)=C/C(=O)C(F)(F)C(F)(F)C(F)(F)F)cc1OC. The Balaban J connectivity index is 2.88. The van der Waals surface area contributed by atoms with Crippen molar-refractivity contribution in [1.29, 1.82) is 0 Å². The van der Waals surface area contributed by atoms with Crippen LogP contribution in [0.2, 0.25) is 0 Å². The van der Waals surface area contributed by atoms with Gasteiger partial charge in [-0.15, -0.1) is 0 Å². The molecule has 0 unspecified atom stereocenters. The number of amides is 1. The summed E-state index contributed by atoms with van der Waals surface area (Å²) in [5, 5.41) is 0. The molecule has 6 nitrogen and oxygen atoms in total. The summed E-state index contributed by atoms with van der Waals surface area (Å²) < 4.78 is 98.4. The highest BCUT2D eigenvalue weighted by atomic mass is 19.4. The van der Waals surface area contributed by atoms with Crippen LogP contribution in [0.25, 0.3) is 0 Å². The Morgan fingerprint density at radius 3 is 1.97 bits per heavy atom. The van der Waals surface area contributed by atoms with E-state index in [-0.39, 0.29) is 17.4 Å². The number of hydrogen-bond donors (Lipinski definition) is 2. The summed E-state index contributed by atoms with van der Waals surface area (Å²) in [6.07, 6.45) is -6.82. The first-order valence-electron chi connectivity index (χ1n) is 7.52. The van der Waals surface area contributed by atoms with Gasteiger partial charge in [0.25, 0.3) is 5.91 Å². The van der Waals surface area contributed by atoms with Crippen molar-refractivity contribution in [1.82, 2.24) is 10.9 Å². The lowest BCUT2D eigenvalue weighted by molar-refractivity contribution is -0.342. The van der Waals surface area contributed by atoms with Gasteiger partial charge in [-0.1, -0.05) is 0 Å². The van der Waals surface area contributed by atoms with Crippen LogP contribution in [0.5, 0.6) is 11.5 Å². The molecule has 0 aliphatic rings. The van der Waals surface area contributed by atoms with Crippen LogP contribution in [-0.4, -0.2) is 43.9 Å². The van der Waals surface area contributed by atoms with Crippen LogP contribution in [-0.2, 0) is 4.79 Å². The van der Waals surface area contributed by atoms with E-state index in [2.05, 4.69) is 0 Å². The van der Waals surface area contributed by atoms with E-state index < -0.39 is 35.4 Å². The van der Waals surface area contributed by atoms with Gasteiger partial charge in [-0.2, -0.15) is 30.7 Å². The summed E-state index contributed by atoms with van der Waals surface area (Å²) >= 11 is 0. The number of benzene rings is 1. The van der Waals surface area contributed by atoms with Gasteiger partial charge < -0.3 is 14.9 Å². The molecule has 1 aromatic carbocycles. The summed E-state index contributed by atoms with van der Waals surface area (Å²) in [7, 11) is 2.65. The van der Waals surface area contributed by atoms with E-state index in [1.165, 1.54) is 32.4 Å². The minimum Gasteiger partial charge on any atom is -0.493 e. The Bertz CT molecular complexity index is 807. The second kappa shape index (κ2) is 8.57. The van der Waals surface area contributed by atoms with Crippen LogP contribution in [0.1, 0.15) is 17.3 Å². The molecule has 0 radical (unpaired) electrons. The highest BCUT2D eigenvalue weighted by molar-refractivity contribution is 5.97. The molecule has 162 valence electrons. The van der Waals surface area contributed by atoms with Crippen LogP contribution < -0.4 is 20.3 Å². The predicted molar refractivity (Wildman–Crippen MR) is 84.9 cm³/mol. The van der Waals surface area contributed by atoms with Crippen LogP contribution in [0.4, 0.5) is 30.7 Å². The molecule has 1 amide bonds. The number of ether oxygens (including phenoxy) is 2. The van der Waals surface area contributed by atoms with Gasteiger partial charge in [-0.25, -0.2) is 0 Å². The quantitative estimate of drug-likeness (QED) is 0.375. The number of ketones is 1. The Morgan fingerprint density at radius 1 is 0.931 bits per heavy atom. The maximum atomic E-state index is 13.3. The first kappa shape index (κ1) is 24.0. The largest absolute Gasteiger partial charge is 0.493 e. The first-order chi connectivity index (χ1) is 13.2. The zero-order valence-electron chi connectivity index (χ0n) is 15.1. The van der Waals surface area contributed by atoms with Crippen molar-refractivity contribution < 1.29 is 49.8 Å². The molecule has 0 bridgehead atoms. The number of rotatable bonds is 8. The molecule has 0 spiro atoms. The van der Waals surface area contributed by atoms with E-state index in [9.17, 15) is 40.3 Å². The standard InChI is InChI=1S/C16H15F7N2O4/c1-8(6-12(26)14(17,18)15(19,20)16(21,22)23)24-25-13(27)9-4-5-10(28-2)11(7-9)29-3/h4-7,24H,1-3H3,(H,25,27)/b8-6+. The molecule has 0 aliphatic carbocycles. The van der Waals surface area contributed by atoms with E-state index in [4.69, 9.17) is 9.47 Å². The molecular weight excluding hydrogens is 417 g/mol. The smallest absolute Gasteiger partial charge is 0.460 e. The summed E-state index contributed by atoms with van der Waals surface area (Å²) in [4.78, 5) is 23.2. The molecule has 0 fully saturated rings. The van der Waals surface area contributed by atoms with Gasteiger partial charge in [0.2, 0.25) is 5.78 Å². The average molecular weight is 432 g/mol. The lowest BCUT2D eigenvalue weighted by Gasteiger charge is -2.26. The lowest BCUT2D eigenvalue weighted by Crippen LogP contribution is -2.55. The summed E-state index contributed by atoms with van der Waals surface area (Å²) in [5.74, 6) is -15.8. The minimum atomic E-state index is -6.64. The van der Waals surface area contributed by atoms with Gasteiger partial charge in [0.1, 0.15) is 0 Å². The fourth-order valence-electron chi connectivity index (χ4n) is 1.86. The van der Waals surface area contributed by atoms with Gasteiger partial charge in [0.05, 0.1) is 14.2 Å². The number of hydrazine groups is 1. The topological polar surface area (TPSA) is 76.7 Å². The Hall–Kier alpha value is -2.99. The third kappa shape index (κ3) is 5.09. The molecule has 0 heterocycles. The van der Waals surface area contributed by atoms with Crippen LogP contribution in [0, 0.1) is 0 Å². The van der Waals surface area contributed by atoms with E-state index in [0.717, 1.165) is 6.92 Å². The van der Waals surface area contributed by atoms with Crippen molar-refractivity contribution in [3.63, 3.8) is 0 Å². The minimum absolute atomic E-state index is 0.0109. The Kier molecular flexibility index (Phi) is 7.11. The van der Waals surface area contributed by atoms with Crippen LogP contribution in [0.3, 0.4) is 0 Å². The summed E-state index contributed by atoms with van der Waals surface area (Å²) in [6.45, 7) is 0.884. The molecule has 0 saturated carbocycles. The number of alkyl halides is 7. The van der Waals surface area contributed by atoms with Crippen molar-refractivity contribution in [3.05, 3.63) is 35.5 Å². The molecule has 0 atom stereocenters. The number of carbonyl (C=O) groups excluding carboxylic acids is 2. The van der Waals surface area contributed by atoms with Gasteiger partial charge in [0.15, 0.2) is 11.5 Å². The normalized spacial score (nSPS) is 13.0. The van der Waals surface area contributed by atoms with E-state index >= 15 is 0 Å². The van der Waals surface area contributed by atoms with Gasteiger partial charge in [-0.3, -0.25) is 15.0 Å². The van der Waals surface area contributed by atoms with Crippen molar-refractivity contribution >= 4 is 11.7 Å². The Labute approximate surface area is 159 Å². The molecule has 29 heavy (non-hydrogen) atoms. The van der Waals surface area contributed by atoms with Crippen molar-refractivity contribution in [2.45, 2.75) is 24.9 Å². The average Bonchev–Trinajstić information content (AvgIpc) is 2.64. The number of methoxy groups -OCH3 is 2. The van der Waals surface area contributed by atoms with Crippen molar-refractivity contribution in [2.24, 2.45) is 0 Å². The van der Waals surface area contributed by atoms with Crippen molar-refractivity contribution in [3.8, 4) is 11.5 Å². The monoisotopic (exact) mass is 432 g/mol. The molecule has 0 aliphatic heterocycles. The fraction of sp³-hybridized carbons (Fsp3) is 0.375. The molecule has 1 rings (SSSR count). The second-order valence-electron chi connectivity index (χ2n) is 5.49. The van der Waals surface area contributed by atoms with Gasteiger partial charge in [-0.05, 0) is 25.1 Å². The molecular formula is C16H15F7N2O4.